The van der Waals surface area contributed by atoms with Crippen LogP contribution in [0.4, 0.5) is 5.82 Å². The molecule has 4 heteroatoms. The lowest BCUT2D eigenvalue weighted by atomic mass is 10.0. The lowest BCUT2D eigenvalue weighted by Crippen LogP contribution is -2.30. The van der Waals surface area contributed by atoms with E-state index in [2.05, 4.69) is 42.6 Å². The van der Waals surface area contributed by atoms with Crippen LogP contribution >= 0.6 is 11.6 Å². The molecule has 0 saturated carbocycles. The summed E-state index contributed by atoms with van der Waals surface area (Å²) in [6.45, 7) is 10.8. The fourth-order valence-electron chi connectivity index (χ4n) is 2.34. The lowest BCUT2D eigenvalue weighted by molar-refractivity contribution is 0.483. The fourth-order valence-corrected chi connectivity index (χ4v) is 2.57. The van der Waals surface area contributed by atoms with Crippen LogP contribution in [0.15, 0.2) is 6.33 Å². The van der Waals surface area contributed by atoms with Crippen molar-refractivity contribution in [1.82, 2.24) is 9.97 Å². The molecule has 1 aromatic rings. The molecule has 0 amide bonds. The van der Waals surface area contributed by atoms with E-state index < -0.39 is 0 Å². The first kappa shape index (κ1) is 16.2. The molecule has 0 aromatic carbocycles. The van der Waals surface area contributed by atoms with E-state index in [1.807, 2.05) is 0 Å². The summed E-state index contributed by atoms with van der Waals surface area (Å²) in [5.41, 5.74) is 1.10. The molecule has 108 valence electrons. The van der Waals surface area contributed by atoms with Gasteiger partial charge in [-0.1, -0.05) is 51.6 Å². The van der Waals surface area contributed by atoms with Crippen molar-refractivity contribution in [2.45, 2.75) is 53.4 Å². The maximum Gasteiger partial charge on any atom is 0.137 e. The molecule has 1 heterocycles. The number of aromatic nitrogens is 2. The molecule has 0 spiro atoms. The van der Waals surface area contributed by atoms with Gasteiger partial charge in [0.1, 0.15) is 17.3 Å². The summed E-state index contributed by atoms with van der Waals surface area (Å²) in [7, 11) is 0. The van der Waals surface area contributed by atoms with Crippen LogP contribution in [0.5, 0.6) is 0 Å². The van der Waals surface area contributed by atoms with E-state index in [0.717, 1.165) is 37.3 Å². The van der Waals surface area contributed by atoms with Gasteiger partial charge in [-0.2, -0.15) is 0 Å². The first-order chi connectivity index (χ1) is 9.17. The average Bonchev–Trinajstić information content (AvgIpc) is 2.43. The standard InChI is InChI=1S/C15H26ClN3/c1-5-9-13-14(16)17-11-18-15(13)19(8-4)10-12(6-2)7-3/h11-12H,5-10H2,1-4H3. The predicted octanol–water partition coefficient (Wildman–Crippen LogP) is 4.35. The number of hydrogen-bond donors (Lipinski definition) is 0. The molecule has 0 aliphatic heterocycles. The van der Waals surface area contributed by atoms with E-state index in [-0.39, 0.29) is 0 Å². The number of rotatable bonds is 8. The second kappa shape index (κ2) is 8.36. The molecule has 1 aromatic heterocycles. The minimum Gasteiger partial charge on any atom is -0.356 e. The summed E-state index contributed by atoms with van der Waals surface area (Å²) >= 11 is 6.24. The Hall–Kier alpha value is -0.830. The third kappa shape index (κ3) is 4.34. The Morgan fingerprint density at radius 2 is 1.84 bits per heavy atom. The number of halogens is 1. The van der Waals surface area contributed by atoms with Gasteiger partial charge >= 0.3 is 0 Å². The highest BCUT2D eigenvalue weighted by atomic mass is 35.5. The van der Waals surface area contributed by atoms with Crippen molar-refractivity contribution in [3.05, 3.63) is 17.0 Å². The monoisotopic (exact) mass is 283 g/mol. The van der Waals surface area contributed by atoms with Crippen LogP contribution < -0.4 is 4.90 Å². The average molecular weight is 284 g/mol. The second-order valence-corrected chi connectivity index (χ2v) is 5.30. The van der Waals surface area contributed by atoms with Crippen molar-refractivity contribution >= 4 is 17.4 Å². The normalized spacial score (nSPS) is 11.1. The van der Waals surface area contributed by atoms with Crippen molar-refractivity contribution in [2.24, 2.45) is 5.92 Å². The van der Waals surface area contributed by atoms with Crippen LogP contribution in [0.2, 0.25) is 5.15 Å². The minimum absolute atomic E-state index is 0.606. The van der Waals surface area contributed by atoms with Gasteiger partial charge in [0.2, 0.25) is 0 Å². The van der Waals surface area contributed by atoms with Crippen molar-refractivity contribution in [1.29, 1.82) is 0 Å². The predicted molar refractivity (Wildman–Crippen MR) is 83.0 cm³/mol. The highest BCUT2D eigenvalue weighted by Gasteiger charge is 2.17. The van der Waals surface area contributed by atoms with E-state index in [4.69, 9.17) is 11.6 Å². The third-order valence-electron chi connectivity index (χ3n) is 3.68. The molecule has 0 fully saturated rings. The molecule has 19 heavy (non-hydrogen) atoms. The third-order valence-corrected chi connectivity index (χ3v) is 4.01. The molecule has 0 aliphatic rings. The number of nitrogens with zero attached hydrogens (tertiary/aromatic N) is 3. The van der Waals surface area contributed by atoms with Gasteiger partial charge in [0.25, 0.3) is 0 Å². The van der Waals surface area contributed by atoms with Crippen LogP contribution in [0, 0.1) is 5.92 Å². The van der Waals surface area contributed by atoms with Crippen LogP contribution in [0.25, 0.3) is 0 Å². The molecule has 0 atom stereocenters. The van der Waals surface area contributed by atoms with Crippen LogP contribution in [0.3, 0.4) is 0 Å². The first-order valence-corrected chi connectivity index (χ1v) is 7.79. The summed E-state index contributed by atoms with van der Waals surface area (Å²) < 4.78 is 0. The van der Waals surface area contributed by atoms with Crippen LogP contribution in [-0.2, 0) is 6.42 Å². The molecule has 1 rings (SSSR count). The second-order valence-electron chi connectivity index (χ2n) is 4.94. The zero-order chi connectivity index (χ0) is 14.3. The molecule has 0 unspecified atom stereocenters. The summed E-state index contributed by atoms with van der Waals surface area (Å²) in [5, 5.41) is 0.606. The van der Waals surface area contributed by atoms with E-state index in [0.29, 0.717) is 11.1 Å². The summed E-state index contributed by atoms with van der Waals surface area (Å²) in [6.07, 6.45) is 5.98. The zero-order valence-corrected chi connectivity index (χ0v) is 13.4. The van der Waals surface area contributed by atoms with Crippen LogP contribution in [-0.4, -0.2) is 23.1 Å². The molecular formula is C15H26ClN3. The Balaban J connectivity index is 3.00. The zero-order valence-electron chi connectivity index (χ0n) is 12.6. The maximum absolute atomic E-state index is 6.24. The van der Waals surface area contributed by atoms with Gasteiger partial charge in [0.05, 0.1) is 0 Å². The largest absolute Gasteiger partial charge is 0.356 e. The van der Waals surface area contributed by atoms with Gasteiger partial charge in [-0.15, -0.1) is 0 Å². The van der Waals surface area contributed by atoms with Gasteiger partial charge in [0.15, 0.2) is 0 Å². The molecule has 0 bridgehead atoms. The Labute approximate surface area is 122 Å². The Morgan fingerprint density at radius 3 is 2.37 bits per heavy atom. The highest BCUT2D eigenvalue weighted by molar-refractivity contribution is 6.30. The molecule has 0 saturated heterocycles. The molecule has 0 aliphatic carbocycles. The Bertz CT molecular complexity index is 378. The lowest BCUT2D eigenvalue weighted by Gasteiger charge is -2.28. The van der Waals surface area contributed by atoms with E-state index in [1.54, 1.807) is 6.33 Å². The summed E-state index contributed by atoms with van der Waals surface area (Å²) in [4.78, 5) is 10.9. The molecule has 0 radical (unpaired) electrons. The summed E-state index contributed by atoms with van der Waals surface area (Å²) in [5.74, 6) is 1.74. The first-order valence-electron chi connectivity index (χ1n) is 7.42. The van der Waals surface area contributed by atoms with Gasteiger partial charge < -0.3 is 4.90 Å². The quantitative estimate of drug-likeness (QED) is 0.664. The molecular weight excluding hydrogens is 258 g/mol. The number of anilines is 1. The van der Waals surface area contributed by atoms with Gasteiger partial charge in [-0.05, 0) is 19.3 Å². The number of hydrogen-bond acceptors (Lipinski definition) is 3. The van der Waals surface area contributed by atoms with Gasteiger partial charge in [-0.3, -0.25) is 0 Å². The molecule has 3 nitrogen and oxygen atoms in total. The summed E-state index contributed by atoms with van der Waals surface area (Å²) in [6, 6.07) is 0. The van der Waals surface area contributed by atoms with Crippen LogP contribution in [0.1, 0.15) is 52.5 Å². The van der Waals surface area contributed by atoms with Crippen molar-refractivity contribution in [3.63, 3.8) is 0 Å². The fraction of sp³-hybridized carbons (Fsp3) is 0.733. The van der Waals surface area contributed by atoms with E-state index >= 15 is 0 Å². The van der Waals surface area contributed by atoms with E-state index in [9.17, 15) is 0 Å². The SMILES string of the molecule is CCCc1c(Cl)ncnc1N(CC)CC(CC)CC. The van der Waals surface area contributed by atoms with Crippen molar-refractivity contribution < 1.29 is 0 Å². The van der Waals surface area contributed by atoms with Crippen molar-refractivity contribution in [2.75, 3.05) is 18.0 Å². The minimum atomic E-state index is 0.606. The highest BCUT2D eigenvalue weighted by Crippen LogP contribution is 2.26. The maximum atomic E-state index is 6.24. The smallest absolute Gasteiger partial charge is 0.137 e. The van der Waals surface area contributed by atoms with Gasteiger partial charge in [0, 0.05) is 18.7 Å². The Kier molecular flexibility index (Phi) is 7.14. The Morgan fingerprint density at radius 1 is 1.16 bits per heavy atom. The van der Waals surface area contributed by atoms with Gasteiger partial charge in [-0.25, -0.2) is 9.97 Å². The molecule has 0 N–H and O–H groups in total. The topological polar surface area (TPSA) is 29.0 Å². The van der Waals surface area contributed by atoms with E-state index in [1.165, 1.54) is 12.8 Å². The van der Waals surface area contributed by atoms with Crippen molar-refractivity contribution in [3.8, 4) is 0 Å².